The Morgan fingerprint density at radius 1 is 0.963 bits per heavy atom. The van der Waals surface area contributed by atoms with Gasteiger partial charge < -0.3 is 9.47 Å². The van der Waals surface area contributed by atoms with Gasteiger partial charge in [-0.3, -0.25) is 4.99 Å². The number of rotatable bonds is 6. The van der Waals surface area contributed by atoms with E-state index in [1.807, 2.05) is 36.4 Å². The van der Waals surface area contributed by atoms with Gasteiger partial charge in [0.25, 0.3) is 0 Å². The van der Waals surface area contributed by atoms with Crippen molar-refractivity contribution >= 4 is 11.9 Å². The largest absolute Gasteiger partial charge is 0.493 e. The molecule has 0 heterocycles. The van der Waals surface area contributed by atoms with Crippen molar-refractivity contribution in [1.29, 1.82) is 0 Å². The van der Waals surface area contributed by atoms with E-state index in [0.29, 0.717) is 11.5 Å². The predicted octanol–water partition coefficient (Wildman–Crippen LogP) is 5.78. The Morgan fingerprint density at radius 3 is 2.56 bits per heavy atom. The molecule has 0 aliphatic heterocycles. The lowest BCUT2D eigenvalue weighted by Crippen LogP contribution is -1.98. The lowest BCUT2D eigenvalue weighted by atomic mass is 10.1. The van der Waals surface area contributed by atoms with Crippen LogP contribution in [0.2, 0.25) is 0 Å². The van der Waals surface area contributed by atoms with Gasteiger partial charge in [0.05, 0.1) is 12.8 Å². The number of hydrogen-bond acceptors (Lipinski definition) is 3. The molecule has 4 heteroatoms. The Labute approximate surface area is 159 Å². The molecule has 138 valence electrons. The van der Waals surface area contributed by atoms with Crippen LogP contribution in [0.25, 0.3) is 0 Å². The van der Waals surface area contributed by atoms with Crippen LogP contribution in [0.4, 0.5) is 10.1 Å². The van der Waals surface area contributed by atoms with Crippen LogP contribution >= 0.6 is 0 Å². The minimum atomic E-state index is -0.277. The van der Waals surface area contributed by atoms with Gasteiger partial charge in [0.2, 0.25) is 0 Å². The second-order valence-corrected chi connectivity index (χ2v) is 6.31. The second kappa shape index (κ2) is 8.49. The maximum Gasteiger partial charge on any atom is 0.161 e. The zero-order chi connectivity index (χ0) is 19.2. The van der Waals surface area contributed by atoms with Crippen LogP contribution in [0.3, 0.4) is 0 Å². The normalized spacial score (nSPS) is 11.0. The number of aryl methyl sites for hydroxylation is 1. The number of methoxy groups -OCH3 is 1. The maximum absolute atomic E-state index is 13.3. The third kappa shape index (κ3) is 4.73. The highest BCUT2D eigenvalue weighted by Gasteiger charge is 2.06. The molecule has 3 aromatic rings. The first-order valence-corrected chi connectivity index (χ1v) is 8.72. The smallest absolute Gasteiger partial charge is 0.161 e. The van der Waals surface area contributed by atoms with Gasteiger partial charge in [0, 0.05) is 6.21 Å². The SMILES string of the molecule is COc1cc(C=Nc2cccc(C)c2C)ccc1OCc1cccc(F)c1. The topological polar surface area (TPSA) is 30.8 Å². The minimum absolute atomic E-state index is 0.268. The first-order chi connectivity index (χ1) is 13.1. The first kappa shape index (κ1) is 18.6. The number of nitrogens with zero attached hydrogens (tertiary/aromatic N) is 1. The van der Waals surface area contributed by atoms with Gasteiger partial charge in [-0.1, -0.05) is 24.3 Å². The molecule has 0 saturated heterocycles. The van der Waals surface area contributed by atoms with Gasteiger partial charge >= 0.3 is 0 Å². The van der Waals surface area contributed by atoms with Crippen molar-refractivity contribution in [3.05, 3.63) is 88.7 Å². The Balaban J connectivity index is 1.75. The van der Waals surface area contributed by atoms with Crippen molar-refractivity contribution in [3.8, 4) is 11.5 Å². The van der Waals surface area contributed by atoms with Crippen LogP contribution in [0.15, 0.2) is 65.7 Å². The molecule has 27 heavy (non-hydrogen) atoms. The summed E-state index contributed by atoms with van der Waals surface area (Å²) >= 11 is 0. The van der Waals surface area contributed by atoms with E-state index in [9.17, 15) is 4.39 Å². The van der Waals surface area contributed by atoms with E-state index in [1.165, 1.54) is 17.7 Å². The van der Waals surface area contributed by atoms with Crippen molar-refractivity contribution in [2.75, 3.05) is 7.11 Å². The summed E-state index contributed by atoms with van der Waals surface area (Å²) in [7, 11) is 1.59. The van der Waals surface area contributed by atoms with Crippen LogP contribution in [0.5, 0.6) is 11.5 Å². The fraction of sp³-hybridized carbons (Fsp3) is 0.174. The summed E-state index contributed by atoms with van der Waals surface area (Å²) < 4.78 is 24.5. The van der Waals surface area contributed by atoms with E-state index in [-0.39, 0.29) is 12.4 Å². The molecule has 3 rings (SSSR count). The summed E-state index contributed by atoms with van der Waals surface area (Å²) in [5.41, 5.74) is 4.99. The van der Waals surface area contributed by atoms with Gasteiger partial charge in [0.15, 0.2) is 11.5 Å². The van der Waals surface area contributed by atoms with E-state index < -0.39 is 0 Å². The Bertz CT molecular complexity index is 966. The molecule has 0 atom stereocenters. The molecule has 0 aliphatic rings. The Morgan fingerprint density at radius 2 is 1.78 bits per heavy atom. The fourth-order valence-electron chi connectivity index (χ4n) is 2.69. The first-order valence-electron chi connectivity index (χ1n) is 8.72. The van der Waals surface area contributed by atoms with E-state index in [2.05, 4.69) is 24.9 Å². The third-order valence-electron chi connectivity index (χ3n) is 4.40. The summed E-state index contributed by atoms with van der Waals surface area (Å²) in [6.07, 6.45) is 1.81. The van der Waals surface area contributed by atoms with Crippen LogP contribution in [0, 0.1) is 19.7 Å². The molecule has 0 radical (unpaired) electrons. The molecule has 0 saturated carbocycles. The summed E-state index contributed by atoms with van der Waals surface area (Å²) in [6, 6.07) is 18.0. The Hall–Kier alpha value is -3.14. The zero-order valence-electron chi connectivity index (χ0n) is 15.7. The van der Waals surface area contributed by atoms with Crippen LogP contribution in [-0.4, -0.2) is 13.3 Å². The number of halogens is 1. The highest BCUT2D eigenvalue weighted by Crippen LogP contribution is 2.29. The number of benzene rings is 3. The summed E-state index contributed by atoms with van der Waals surface area (Å²) in [5.74, 6) is 0.933. The van der Waals surface area contributed by atoms with Crippen LogP contribution in [0.1, 0.15) is 22.3 Å². The van der Waals surface area contributed by atoms with Gasteiger partial charge in [-0.05, 0) is 72.5 Å². The number of aliphatic imine (C=N–C) groups is 1. The van der Waals surface area contributed by atoms with Gasteiger partial charge in [0.1, 0.15) is 12.4 Å². The highest BCUT2D eigenvalue weighted by molar-refractivity contribution is 5.83. The average molecular weight is 363 g/mol. The van der Waals surface area contributed by atoms with Crippen LogP contribution in [-0.2, 0) is 6.61 Å². The summed E-state index contributed by atoms with van der Waals surface area (Å²) in [6.45, 7) is 4.40. The summed E-state index contributed by atoms with van der Waals surface area (Å²) in [4.78, 5) is 4.58. The predicted molar refractivity (Wildman–Crippen MR) is 107 cm³/mol. The monoisotopic (exact) mass is 363 g/mol. The van der Waals surface area contributed by atoms with Gasteiger partial charge in [-0.2, -0.15) is 0 Å². The standard InChI is InChI=1S/C23H22FNO2/c1-16-6-4-9-21(17(16)2)25-14-18-10-11-22(23(13-18)26-3)27-15-19-7-5-8-20(24)12-19/h4-14H,15H2,1-3H3. The lowest BCUT2D eigenvalue weighted by molar-refractivity contribution is 0.284. The van der Waals surface area contributed by atoms with E-state index in [0.717, 1.165) is 22.4 Å². The van der Waals surface area contributed by atoms with Crippen molar-refractivity contribution < 1.29 is 13.9 Å². The van der Waals surface area contributed by atoms with Crippen molar-refractivity contribution in [2.45, 2.75) is 20.5 Å². The van der Waals surface area contributed by atoms with Crippen molar-refractivity contribution in [3.63, 3.8) is 0 Å². The zero-order valence-corrected chi connectivity index (χ0v) is 15.7. The highest BCUT2D eigenvalue weighted by atomic mass is 19.1. The number of ether oxygens (including phenoxy) is 2. The summed E-state index contributed by atoms with van der Waals surface area (Å²) in [5, 5.41) is 0. The fourth-order valence-corrected chi connectivity index (χ4v) is 2.69. The molecule has 0 bridgehead atoms. The molecule has 0 fully saturated rings. The third-order valence-corrected chi connectivity index (χ3v) is 4.40. The average Bonchev–Trinajstić information content (AvgIpc) is 2.68. The van der Waals surface area contributed by atoms with Crippen molar-refractivity contribution in [2.24, 2.45) is 4.99 Å². The quantitative estimate of drug-likeness (QED) is 0.520. The minimum Gasteiger partial charge on any atom is -0.493 e. The van der Waals surface area contributed by atoms with E-state index in [4.69, 9.17) is 9.47 Å². The van der Waals surface area contributed by atoms with Crippen LogP contribution < -0.4 is 9.47 Å². The Kier molecular flexibility index (Phi) is 5.87. The van der Waals surface area contributed by atoms with Gasteiger partial charge in [-0.15, -0.1) is 0 Å². The van der Waals surface area contributed by atoms with Gasteiger partial charge in [-0.25, -0.2) is 4.39 Å². The molecular formula is C23H22FNO2. The second-order valence-electron chi connectivity index (χ2n) is 6.31. The maximum atomic E-state index is 13.3. The molecule has 0 aromatic heterocycles. The molecule has 3 nitrogen and oxygen atoms in total. The molecule has 3 aromatic carbocycles. The molecule has 0 N–H and O–H groups in total. The lowest BCUT2D eigenvalue weighted by Gasteiger charge is -2.11. The van der Waals surface area contributed by atoms with E-state index >= 15 is 0 Å². The van der Waals surface area contributed by atoms with E-state index in [1.54, 1.807) is 19.4 Å². The van der Waals surface area contributed by atoms with Crippen molar-refractivity contribution in [1.82, 2.24) is 0 Å². The molecule has 0 aliphatic carbocycles. The molecular weight excluding hydrogens is 341 g/mol. The molecule has 0 unspecified atom stereocenters. The molecule has 0 amide bonds. The number of hydrogen-bond donors (Lipinski definition) is 0. The molecule has 0 spiro atoms.